The van der Waals surface area contributed by atoms with Gasteiger partial charge in [-0.2, -0.15) is 5.10 Å². The minimum atomic E-state index is 0.0245. The van der Waals surface area contributed by atoms with E-state index in [0.29, 0.717) is 13.2 Å². The Balaban J connectivity index is 1.98. The second kappa shape index (κ2) is 7.32. The van der Waals surface area contributed by atoms with E-state index in [9.17, 15) is 0 Å². The number of hydrogen-bond acceptors (Lipinski definition) is 3. The normalized spacial score (nSPS) is 12.1. The van der Waals surface area contributed by atoms with Gasteiger partial charge in [-0.1, -0.05) is 48.0 Å². The van der Waals surface area contributed by atoms with Crippen LogP contribution < -0.4 is 10.5 Å². The van der Waals surface area contributed by atoms with Gasteiger partial charge in [-0.15, -0.1) is 0 Å². The van der Waals surface area contributed by atoms with Crippen LogP contribution in [0.15, 0.2) is 54.6 Å². The van der Waals surface area contributed by atoms with Gasteiger partial charge in [0.05, 0.1) is 12.3 Å². The second-order valence-corrected chi connectivity index (χ2v) is 5.84. The molecule has 0 bridgehead atoms. The lowest BCUT2D eigenvalue weighted by atomic mass is 9.93. The highest BCUT2D eigenvalue weighted by atomic mass is 16.5. The fourth-order valence-electron chi connectivity index (χ4n) is 2.92. The van der Waals surface area contributed by atoms with Crippen LogP contribution in [0.2, 0.25) is 0 Å². The smallest absolute Gasteiger partial charge is 0.123 e. The lowest BCUT2D eigenvalue weighted by molar-refractivity contribution is 0.335. The van der Waals surface area contributed by atoms with Crippen molar-refractivity contribution in [1.29, 1.82) is 0 Å². The van der Waals surface area contributed by atoms with Crippen LogP contribution in [-0.4, -0.2) is 23.3 Å². The Morgan fingerprint density at radius 1 is 1.12 bits per heavy atom. The standard InChI is InChI=1S/C20H23N3O/c1-3-24-20-10-9-14(2)11-16(20)17(13-21)19-12-18(22-23-19)15-7-5-4-6-8-15/h4-12,17H,3,13,21H2,1-2H3,(H,22,23). The van der Waals surface area contributed by atoms with Gasteiger partial charge in [0.1, 0.15) is 5.75 Å². The van der Waals surface area contributed by atoms with Crippen LogP contribution in [0, 0.1) is 6.92 Å². The third-order valence-electron chi connectivity index (χ3n) is 4.12. The van der Waals surface area contributed by atoms with Gasteiger partial charge in [-0.05, 0) is 26.0 Å². The van der Waals surface area contributed by atoms with Crippen molar-refractivity contribution < 1.29 is 4.74 Å². The maximum atomic E-state index is 6.10. The van der Waals surface area contributed by atoms with E-state index >= 15 is 0 Å². The maximum Gasteiger partial charge on any atom is 0.123 e. The zero-order chi connectivity index (χ0) is 16.9. The molecule has 0 aliphatic heterocycles. The minimum Gasteiger partial charge on any atom is -0.494 e. The fraction of sp³-hybridized carbons (Fsp3) is 0.250. The molecule has 0 fully saturated rings. The average molecular weight is 321 g/mol. The fourth-order valence-corrected chi connectivity index (χ4v) is 2.92. The molecule has 4 heteroatoms. The molecule has 0 aliphatic rings. The average Bonchev–Trinajstić information content (AvgIpc) is 3.09. The van der Waals surface area contributed by atoms with E-state index in [-0.39, 0.29) is 5.92 Å². The number of nitrogens with zero attached hydrogens (tertiary/aromatic N) is 1. The number of nitrogens with one attached hydrogen (secondary N) is 1. The van der Waals surface area contributed by atoms with Crippen molar-refractivity contribution in [1.82, 2.24) is 10.2 Å². The molecule has 0 spiro atoms. The van der Waals surface area contributed by atoms with Gasteiger partial charge < -0.3 is 10.5 Å². The lowest BCUT2D eigenvalue weighted by Gasteiger charge is -2.18. The third-order valence-corrected chi connectivity index (χ3v) is 4.12. The largest absolute Gasteiger partial charge is 0.494 e. The predicted octanol–water partition coefficient (Wildman–Crippen LogP) is 3.87. The van der Waals surface area contributed by atoms with Gasteiger partial charge in [0, 0.05) is 29.3 Å². The quantitative estimate of drug-likeness (QED) is 0.724. The molecule has 3 aromatic rings. The van der Waals surface area contributed by atoms with Gasteiger partial charge in [0.15, 0.2) is 0 Å². The van der Waals surface area contributed by atoms with Crippen LogP contribution in [0.3, 0.4) is 0 Å². The molecular formula is C20H23N3O. The van der Waals surface area contributed by atoms with Gasteiger partial charge >= 0.3 is 0 Å². The molecule has 1 atom stereocenters. The van der Waals surface area contributed by atoms with Crippen LogP contribution in [-0.2, 0) is 0 Å². The number of benzene rings is 2. The van der Waals surface area contributed by atoms with E-state index in [1.54, 1.807) is 0 Å². The van der Waals surface area contributed by atoms with E-state index in [0.717, 1.165) is 28.3 Å². The molecule has 2 aromatic carbocycles. The van der Waals surface area contributed by atoms with Gasteiger partial charge in [-0.3, -0.25) is 5.10 Å². The zero-order valence-corrected chi connectivity index (χ0v) is 14.1. The monoisotopic (exact) mass is 321 g/mol. The Kier molecular flexibility index (Phi) is 4.96. The molecule has 24 heavy (non-hydrogen) atoms. The highest BCUT2D eigenvalue weighted by Crippen LogP contribution is 2.32. The van der Waals surface area contributed by atoms with Gasteiger partial charge in [0.2, 0.25) is 0 Å². The number of aromatic nitrogens is 2. The van der Waals surface area contributed by atoms with Crippen molar-refractivity contribution >= 4 is 0 Å². The van der Waals surface area contributed by atoms with Crippen molar-refractivity contribution in [2.75, 3.05) is 13.2 Å². The van der Waals surface area contributed by atoms with Crippen molar-refractivity contribution in [2.24, 2.45) is 5.73 Å². The van der Waals surface area contributed by atoms with Crippen molar-refractivity contribution in [3.8, 4) is 17.0 Å². The summed E-state index contributed by atoms with van der Waals surface area (Å²) in [6.45, 7) is 5.19. The number of H-pyrrole nitrogens is 1. The van der Waals surface area contributed by atoms with Crippen LogP contribution >= 0.6 is 0 Å². The second-order valence-electron chi connectivity index (χ2n) is 5.84. The molecular weight excluding hydrogens is 298 g/mol. The summed E-state index contributed by atoms with van der Waals surface area (Å²) in [7, 11) is 0. The number of nitrogens with two attached hydrogens (primary N) is 1. The van der Waals surface area contributed by atoms with E-state index in [2.05, 4.69) is 47.5 Å². The molecule has 3 N–H and O–H groups in total. The van der Waals surface area contributed by atoms with Crippen molar-refractivity contribution in [3.05, 3.63) is 71.4 Å². The van der Waals surface area contributed by atoms with Gasteiger partial charge in [-0.25, -0.2) is 0 Å². The summed E-state index contributed by atoms with van der Waals surface area (Å²) in [6.07, 6.45) is 0. The summed E-state index contributed by atoms with van der Waals surface area (Å²) in [5.41, 5.74) is 11.4. The summed E-state index contributed by atoms with van der Waals surface area (Å²) < 4.78 is 5.80. The van der Waals surface area contributed by atoms with Gasteiger partial charge in [0.25, 0.3) is 0 Å². The Labute approximate surface area is 142 Å². The molecule has 0 radical (unpaired) electrons. The number of aryl methyl sites for hydroxylation is 1. The summed E-state index contributed by atoms with van der Waals surface area (Å²) in [4.78, 5) is 0. The Morgan fingerprint density at radius 2 is 1.92 bits per heavy atom. The van der Waals surface area contributed by atoms with Crippen LogP contribution in [0.25, 0.3) is 11.3 Å². The first-order valence-electron chi connectivity index (χ1n) is 8.27. The molecule has 1 unspecified atom stereocenters. The van der Waals surface area contributed by atoms with Crippen LogP contribution in [0.1, 0.15) is 29.7 Å². The number of ether oxygens (including phenoxy) is 1. The first-order chi connectivity index (χ1) is 11.7. The summed E-state index contributed by atoms with van der Waals surface area (Å²) >= 11 is 0. The third kappa shape index (κ3) is 3.34. The number of rotatable bonds is 6. The molecule has 124 valence electrons. The summed E-state index contributed by atoms with van der Waals surface area (Å²) in [5, 5.41) is 7.61. The Morgan fingerprint density at radius 3 is 2.62 bits per heavy atom. The highest BCUT2D eigenvalue weighted by Gasteiger charge is 2.20. The molecule has 0 aliphatic carbocycles. The maximum absolute atomic E-state index is 6.10. The van der Waals surface area contributed by atoms with E-state index in [1.807, 2.05) is 31.2 Å². The Bertz CT molecular complexity index is 796. The molecule has 1 heterocycles. The van der Waals surface area contributed by atoms with Crippen molar-refractivity contribution in [3.63, 3.8) is 0 Å². The molecule has 0 saturated heterocycles. The molecule has 4 nitrogen and oxygen atoms in total. The van der Waals surface area contributed by atoms with E-state index in [1.165, 1.54) is 5.56 Å². The summed E-state index contributed by atoms with van der Waals surface area (Å²) in [6, 6.07) is 18.4. The Hall–Kier alpha value is -2.59. The van der Waals surface area contributed by atoms with Crippen molar-refractivity contribution in [2.45, 2.75) is 19.8 Å². The lowest BCUT2D eigenvalue weighted by Crippen LogP contribution is -2.15. The SMILES string of the molecule is CCOc1ccc(C)cc1C(CN)c1cc(-c2ccccc2)n[nH]1. The summed E-state index contributed by atoms with van der Waals surface area (Å²) in [5.74, 6) is 0.908. The number of aromatic amines is 1. The molecule has 1 aromatic heterocycles. The zero-order valence-electron chi connectivity index (χ0n) is 14.1. The number of hydrogen-bond donors (Lipinski definition) is 2. The van der Waals surface area contributed by atoms with E-state index < -0.39 is 0 Å². The minimum absolute atomic E-state index is 0.0245. The van der Waals surface area contributed by atoms with Crippen LogP contribution in [0.5, 0.6) is 5.75 Å². The predicted molar refractivity (Wildman–Crippen MR) is 97.3 cm³/mol. The highest BCUT2D eigenvalue weighted by molar-refractivity contribution is 5.59. The molecule has 3 rings (SSSR count). The first-order valence-corrected chi connectivity index (χ1v) is 8.27. The van der Waals surface area contributed by atoms with Crippen LogP contribution in [0.4, 0.5) is 0 Å². The molecule has 0 saturated carbocycles. The molecule has 0 amide bonds. The first kappa shape index (κ1) is 16.3. The topological polar surface area (TPSA) is 63.9 Å². The van der Waals surface area contributed by atoms with E-state index in [4.69, 9.17) is 10.5 Å².